The molecule has 102 valence electrons. The molecule has 2 aromatic rings. The van der Waals surface area contributed by atoms with Crippen LogP contribution in [0.4, 0.5) is 0 Å². The number of hydrogen-bond acceptors (Lipinski definition) is 4. The third-order valence-corrected chi connectivity index (χ3v) is 2.72. The van der Waals surface area contributed by atoms with E-state index in [1.165, 1.54) is 0 Å². The maximum Gasteiger partial charge on any atom is 0.255 e. The first-order chi connectivity index (χ1) is 9.72. The van der Waals surface area contributed by atoms with Crippen molar-refractivity contribution in [2.75, 3.05) is 13.6 Å². The molecule has 5 nitrogen and oxygen atoms in total. The fraction of sp³-hybridized carbons (Fsp3) is 0.200. The first-order valence-electron chi connectivity index (χ1n) is 6.12. The topological polar surface area (TPSA) is 72.4 Å². The molecule has 0 unspecified atom stereocenters. The van der Waals surface area contributed by atoms with Crippen LogP contribution in [0.2, 0.25) is 0 Å². The number of nitrogens with two attached hydrogens (primary N) is 1. The van der Waals surface area contributed by atoms with Gasteiger partial charge in [-0.1, -0.05) is 11.8 Å². The summed E-state index contributed by atoms with van der Waals surface area (Å²) in [5, 5.41) is 0. The fourth-order valence-corrected chi connectivity index (χ4v) is 1.76. The molecule has 2 heterocycles. The van der Waals surface area contributed by atoms with Crippen LogP contribution in [0.1, 0.15) is 21.5 Å². The number of pyridine rings is 1. The number of nitrogens with zero attached hydrogens (tertiary/aromatic N) is 2. The van der Waals surface area contributed by atoms with E-state index in [2.05, 4.69) is 16.8 Å². The van der Waals surface area contributed by atoms with E-state index >= 15 is 0 Å². The quantitative estimate of drug-likeness (QED) is 0.851. The van der Waals surface area contributed by atoms with Gasteiger partial charge in [-0.05, 0) is 12.1 Å². The third kappa shape index (κ3) is 3.25. The predicted molar refractivity (Wildman–Crippen MR) is 74.7 cm³/mol. The van der Waals surface area contributed by atoms with Crippen LogP contribution in [0, 0.1) is 11.8 Å². The molecule has 0 aliphatic heterocycles. The number of carbonyl (C=O) groups is 1. The van der Waals surface area contributed by atoms with Crippen LogP contribution in [0.15, 0.2) is 41.5 Å². The zero-order valence-corrected chi connectivity index (χ0v) is 11.2. The van der Waals surface area contributed by atoms with Gasteiger partial charge >= 0.3 is 0 Å². The number of carbonyl (C=O) groups excluding carboxylic acids is 1. The van der Waals surface area contributed by atoms with Gasteiger partial charge < -0.3 is 15.1 Å². The van der Waals surface area contributed by atoms with Crippen LogP contribution in [0.3, 0.4) is 0 Å². The zero-order valence-electron chi connectivity index (χ0n) is 11.2. The lowest BCUT2D eigenvalue weighted by Gasteiger charge is -2.16. The van der Waals surface area contributed by atoms with Gasteiger partial charge in [0, 0.05) is 31.5 Å². The molecule has 2 aromatic heterocycles. The minimum absolute atomic E-state index is 0.116. The SMILES string of the molecule is CN(Cc1ccoc1)C(=O)c1ccncc1C#CCN. The van der Waals surface area contributed by atoms with E-state index in [4.69, 9.17) is 10.2 Å². The van der Waals surface area contributed by atoms with Gasteiger partial charge in [0.15, 0.2) is 0 Å². The number of hydrogen-bond donors (Lipinski definition) is 1. The highest BCUT2D eigenvalue weighted by Crippen LogP contribution is 2.11. The summed E-state index contributed by atoms with van der Waals surface area (Å²) in [4.78, 5) is 18.0. The minimum atomic E-state index is -0.116. The van der Waals surface area contributed by atoms with Crippen LogP contribution in [0.5, 0.6) is 0 Å². The second kappa shape index (κ2) is 6.55. The first-order valence-corrected chi connectivity index (χ1v) is 6.12. The Bertz CT molecular complexity index is 639. The van der Waals surface area contributed by atoms with Crippen molar-refractivity contribution in [3.63, 3.8) is 0 Å². The smallest absolute Gasteiger partial charge is 0.255 e. The van der Waals surface area contributed by atoms with E-state index in [0.29, 0.717) is 17.7 Å². The number of furan rings is 1. The molecular weight excluding hydrogens is 254 g/mol. The van der Waals surface area contributed by atoms with Gasteiger partial charge in [-0.2, -0.15) is 0 Å². The van der Waals surface area contributed by atoms with Crippen molar-refractivity contribution < 1.29 is 9.21 Å². The van der Waals surface area contributed by atoms with Gasteiger partial charge in [0.1, 0.15) is 0 Å². The lowest BCUT2D eigenvalue weighted by Crippen LogP contribution is -2.26. The van der Waals surface area contributed by atoms with Crippen molar-refractivity contribution in [2.45, 2.75) is 6.54 Å². The second-order valence-electron chi connectivity index (χ2n) is 4.22. The van der Waals surface area contributed by atoms with Crippen molar-refractivity contribution in [2.24, 2.45) is 5.73 Å². The minimum Gasteiger partial charge on any atom is -0.472 e. The molecular formula is C15H15N3O2. The van der Waals surface area contributed by atoms with Crippen molar-refractivity contribution >= 4 is 5.91 Å². The summed E-state index contributed by atoms with van der Waals surface area (Å²) in [6, 6.07) is 3.49. The number of rotatable bonds is 3. The average molecular weight is 269 g/mol. The summed E-state index contributed by atoms with van der Waals surface area (Å²) in [7, 11) is 1.73. The molecule has 0 saturated heterocycles. The monoisotopic (exact) mass is 269 g/mol. The predicted octanol–water partition coefficient (Wildman–Crippen LogP) is 1.26. The molecule has 0 bridgehead atoms. The van der Waals surface area contributed by atoms with Crippen molar-refractivity contribution in [3.05, 3.63) is 53.7 Å². The Kier molecular flexibility index (Phi) is 4.53. The Morgan fingerprint density at radius 2 is 2.35 bits per heavy atom. The molecule has 0 aromatic carbocycles. The normalized spacial score (nSPS) is 9.70. The molecule has 0 radical (unpaired) electrons. The van der Waals surface area contributed by atoms with Gasteiger partial charge in [-0.3, -0.25) is 9.78 Å². The van der Waals surface area contributed by atoms with Crippen molar-refractivity contribution in [1.29, 1.82) is 0 Å². The zero-order chi connectivity index (χ0) is 14.4. The van der Waals surface area contributed by atoms with Gasteiger partial charge in [-0.25, -0.2) is 0 Å². The van der Waals surface area contributed by atoms with E-state index in [0.717, 1.165) is 5.56 Å². The lowest BCUT2D eigenvalue weighted by atomic mass is 10.1. The average Bonchev–Trinajstić information content (AvgIpc) is 2.97. The Hall–Kier alpha value is -2.58. The largest absolute Gasteiger partial charge is 0.472 e. The molecule has 1 amide bonds. The van der Waals surface area contributed by atoms with E-state index in [1.807, 2.05) is 6.07 Å². The molecule has 2 rings (SSSR count). The maximum atomic E-state index is 12.4. The van der Waals surface area contributed by atoms with E-state index < -0.39 is 0 Å². The second-order valence-corrected chi connectivity index (χ2v) is 4.22. The van der Waals surface area contributed by atoms with Gasteiger partial charge in [0.2, 0.25) is 0 Å². The lowest BCUT2D eigenvalue weighted by molar-refractivity contribution is 0.0784. The molecule has 0 saturated carbocycles. The number of aromatic nitrogens is 1. The molecule has 5 heteroatoms. The van der Waals surface area contributed by atoms with Crippen LogP contribution in [-0.2, 0) is 6.54 Å². The van der Waals surface area contributed by atoms with Gasteiger partial charge in [0.25, 0.3) is 5.91 Å². The Balaban J connectivity index is 2.20. The summed E-state index contributed by atoms with van der Waals surface area (Å²) in [6.07, 6.45) is 6.35. The molecule has 20 heavy (non-hydrogen) atoms. The van der Waals surface area contributed by atoms with E-state index in [9.17, 15) is 4.79 Å². The van der Waals surface area contributed by atoms with Crippen molar-refractivity contribution in [3.8, 4) is 11.8 Å². The van der Waals surface area contributed by atoms with Crippen molar-refractivity contribution in [1.82, 2.24) is 9.88 Å². The van der Waals surface area contributed by atoms with Crippen LogP contribution in [-0.4, -0.2) is 29.4 Å². The Morgan fingerprint density at radius 3 is 3.05 bits per heavy atom. The maximum absolute atomic E-state index is 12.4. The fourth-order valence-electron chi connectivity index (χ4n) is 1.76. The van der Waals surface area contributed by atoms with Crippen LogP contribution >= 0.6 is 0 Å². The summed E-state index contributed by atoms with van der Waals surface area (Å²) < 4.78 is 4.99. The summed E-state index contributed by atoms with van der Waals surface area (Å²) in [5.74, 6) is 5.48. The summed E-state index contributed by atoms with van der Waals surface area (Å²) in [5.41, 5.74) is 7.39. The highest BCUT2D eigenvalue weighted by molar-refractivity contribution is 5.96. The number of amides is 1. The molecule has 0 spiro atoms. The van der Waals surface area contributed by atoms with Gasteiger partial charge in [-0.15, -0.1) is 0 Å². The molecule has 0 aliphatic rings. The van der Waals surface area contributed by atoms with E-state index in [-0.39, 0.29) is 12.5 Å². The molecule has 0 aliphatic carbocycles. The summed E-state index contributed by atoms with van der Waals surface area (Å²) >= 11 is 0. The highest BCUT2D eigenvalue weighted by atomic mass is 16.3. The Morgan fingerprint density at radius 1 is 1.50 bits per heavy atom. The molecule has 0 fully saturated rings. The standard InChI is InChI=1S/C15H15N3O2/c1-18(10-12-5-8-20-11-12)15(19)14-4-7-17-9-13(14)3-2-6-16/h4-5,7-9,11H,6,10,16H2,1H3. The first kappa shape index (κ1) is 13.8. The third-order valence-electron chi connectivity index (χ3n) is 2.72. The van der Waals surface area contributed by atoms with E-state index in [1.54, 1.807) is 42.9 Å². The molecule has 2 N–H and O–H groups in total. The van der Waals surface area contributed by atoms with Gasteiger partial charge in [0.05, 0.1) is 30.2 Å². The van der Waals surface area contributed by atoms with Crippen LogP contribution < -0.4 is 5.73 Å². The Labute approximate surface area is 117 Å². The summed E-state index contributed by atoms with van der Waals surface area (Å²) in [6.45, 7) is 0.717. The van der Waals surface area contributed by atoms with Crippen LogP contribution in [0.25, 0.3) is 0 Å². The molecule has 0 atom stereocenters. The highest BCUT2D eigenvalue weighted by Gasteiger charge is 2.15.